The van der Waals surface area contributed by atoms with E-state index in [0.717, 1.165) is 44.5 Å². The fraction of sp³-hybridized carbons (Fsp3) is 0.440. The summed E-state index contributed by atoms with van der Waals surface area (Å²) in [4.78, 5) is 17.3. The first-order valence-corrected chi connectivity index (χ1v) is 11.8. The molecule has 1 amide bonds. The van der Waals surface area contributed by atoms with Crippen LogP contribution in [0, 0.1) is 0 Å². The molecular formula is C25H29ClF3N3O2. The number of hydrogen-bond donors (Lipinski definition) is 3. The molecule has 1 heterocycles. The molecule has 9 heteroatoms. The minimum Gasteiger partial charge on any atom is -0.507 e. The smallest absolute Gasteiger partial charge is 0.416 e. The molecule has 2 aromatic carbocycles. The number of nitrogens with one attached hydrogen (secondary N) is 2. The number of amidine groups is 1. The van der Waals surface area contributed by atoms with Crippen molar-refractivity contribution in [2.45, 2.75) is 58.0 Å². The van der Waals surface area contributed by atoms with Gasteiger partial charge in [-0.05, 0) is 93.1 Å². The van der Waals surface area contributed by atoms with Crippen molar-refractivity contribution in [3.8, 4) is 5.75 Å². The van der Waals surface area contributed by atoms with Gasteiger partial charge >= 0.3 is 6.18 Å². The number of amides is 1. The summed E-state index contributed by atoms with van der Waals surface area (Å²) in [6, 6.07) is 6.49. The van der Waals surface area contributed by atoms with Gasteiger partial charge in [-0.15, -0.1) is 0 Å². The molecule has 0 aliphatic carbocycles. The number of carbonyl (C=O) groups excluding carboxylic acids is 1. The lowest BCUT2D eigenvalue weighted by Crippen LogP contribution is -2.29. The maximum absolute atomic E-state index is 13.2. The molecule has 0 spiro atoms. The number of halogens is 4. The first-order valence-electron chi connectivity index (χ1n) is 11.4. The molecule has 5 nitrogen and oxygen atoms in total. The normalized spacial score (nSPS) is 15.4. The molecule has 1 aliphatic heterocycles. The molecule has 1 aliphatic rings. The van der Waals surface area contributed by atoms with E-state index in [4.69, 9.17) is 11.6 Å². The largest absolute Gasteiger partial charge is 0.507 e. The highest BCUT2D eigenvalue weighted by Gasteiger charge is 2.31. The van der Waals surface area contributed by atoms with Crippen LogP contribution in [0.2, 0.25) is 5.02 Å². The summed E-state index contributed by atoms with van der Waals surface area (Å²) in [6.45, 7) is 5.14. The third-order valence-electron chi connectivity index (χ3n) is 5.92. The Morgan fingerprint density at radius 1 is 1.24 bits per heavy atom. The molecule has 1 saturated heterocycles. The van der Waals surface area contributed by atoms with Crippen molar-refractivity contribution in [2.24, 2.45) is 4.99 Å². The zero-order chi connectivity index (χ0) is 24.9. The van der Waals surface area contributed by atoms with E-state index in [0.29, 0.717) is 34.7 Å². The third kappa shape index (κ3) is 6.51. The van der Waals surface area contributed by atoms with E-state index in [1.807, 2.05) is 6.92 Å². The Hall–Kier alpha value is -2.58. The molecule has 0 atom stereocenters. The molecule has 3 N–H and O–H groups in total. The Morgan fingerprint density at radius 3 is 2.59 bits per heavy atom. The monoisotopic (exact) mass is 495 g/mol. The molecule has 0 bridgehead atoms. The zero-order valence-electron chi connectivity index (χ0n) is 19.2. The minimum absolute atomic E-state index is 0.0363. The number of nitrogens with zero attached hydrogens (tertiary/aromatic N) is 1. The van der Waals surface area contributed by atoms with Crippen molar-refractivity contribution in [2.75, 3.05) is 13.1 Å². The van der Waals surface area contributed by atoms with Gasteiger partial charge in [0.25, 0.3) is 5.91 Å². The van der Waals surface area contributed by atoms with Gasteiger partial charge in [0.05, 0.1) is 16.8 Å². The van der Waals surface area contributed by atoms with Crippen molar-refractivity contribution in [3.05, 3.63) is 57.6 Å². The van der Waals surface area contributed by atoms with Crippen molar-refractivity contribution in [1.29, 1.82) is 0 Å². The van der Waals surface area contributed by atoms with E-state index in [9.17, 15) is 23.1 Å². The second-order valence-electron chi connectivity index (χ2n) is 8.51. The standard InChI is InChI=1S/C25H29ClF3N3O2/c1-3-4-5-17-12-18(25(27,28)29)6-7-22(17)31-15(2)32-24(34)21-14-19(26)13-20(23(21)33)16-8-10-30-11-9-16/h6-7,12-14,16,30,33H,3-5,8-11H2,1-2H3,(H,31,32,34). The molecule has 3 rings (SSSR count). The van der Waals surface area contributed by atoms with Crippen molar-refractivity contribution < 1.29 is 23.1 Å². The first kappa shape index (κ1) is 26.0. The number of carbonyl (C=O) groups is 1. The molecule has 0 unspecified atom stereocenters. The number of aryl methyl sites for hydroxylation is 1. The molecule has 0 radical (unpaired) electrons. The SMILES string of the molecule is CCCCc1cc(C(F)(F)F)ccc1N=C(C)NC(=O)c1cc(Cl)cc(C2CCNCC2)c1O. The Kier molecular flexibility index (Phi) is 8.60. The number of phenols is 1. The van der Waals surface area contributed by atoms with Gasteiger partial charge in [-0.25, -0.2) is 4.99 Å². The summed E-state index contributed by atoms with van der Waals surface area (Å²) < 4.78 is 39.5. The van der Waals surface area contributed by atoms with E-state index >= 15 is 0 Å². The van der Waals surface area contributed by atoms with Gasteiger partial charge in [0, 0.05) is 5.02 Å². The van der Waals surface area contributed by atoms with Gasteiger partial charge in [-0.2, -0.15) is 13.2 Å². The van der Waals surface area contributed by atoms with Crippen molar-refractivity contribution >= 4 is 29.0 Å². The second-order valence-corrected chi connectivity index (χ2v) is 8.95. The van der Waals surface area contributed by atoms with Crippen LogP contribution in [0.25, 0.3) is 0 Å². The molecule has 34 heavy (non-hydrogen) atoms. The van der Waals surface area contributed by atoms with Gasteiger partial charge < -0.3 is 15.7 Å². The van der Waals surface area contributed by atoms with Crippen molar-refractivity contribution in [1.82, 2.24) is 10.6 Å². The fourth-order valence-electron chi connectivity index (χ4n) is 4.12. The predicted octanol–water partition coefficient (Wildman–Crippen LogP) is 6.35. The predicted molar refractivity (Wildman–Crippen MR) is 128 cm³/mol. The van der Waals surface area contributed by atoms with E-state index in [1.54, 1.807) is 13.0 Å². The lowest BCUT2D eigenvalue weighted by atomic mass is 9.88. The summed E-state index contributed by atoms with van der Waals surface area (Å²) in [5, 5.41) is 17.0. The summed E-state index contributed by atoms with van der Waals surface area (Å²) in [5.74, 6) is -0.405. The average molecular weight is 496 g/mol. The Labute approximate surface area is 202 Å². The van der Waals surface area contributed by atoms with Crippen LogP contribution in [0.4, 0.5) is 18.9 Å². The number of alkyl halides is 3. The zero-order valence-corrected chi connectivity index (χ0v) is 20.0. The second kappa shape index (κ2) is 11.2. The Balaban J connectivity index is 1.85. The van der Waals surface area contributed by atoms with Gasteiger partial charge in [0.2, 0.25) is 0 Å². The first-order chi connectivity index (χ1) is 16.1. The number of piperidine rings is 1. The lowest BCUT2D eigenvalue weighted by molar-refractivity contribution is -0.137. The number of aromatic hydroxyl groups is 1. The Morgan fingerprint density at radius 2 is 1.94 bits per heavy atom. The molecule has 0 saturated carbocycles. The van der Waals surface area contributed by atoms with E-state index in [2.05, 4.69) is 15.6 Å². The third-order valence-corrected chi connectivity index (χ3v) is 6.14. The highest BCUT2D eigenvalue weighted by molar-refractivity contribution is 6.31. The maximum atomic E-state index is 13.2. The number of aliphatic imine (C=N–C) groups is 1. The van der Waals surface area contributed by atoms with Crippen molar-refractivity contribution in [3.63, 3.8) is 0 Å². The lowest BCUT2D eigenvalue weighted by Gasteiger charge is -2.24. The molecule has 1 fully saturated rings. The number of benzene rings is 2. The highest BCUT2D eigenvalue weighted by atomic mass is 35.5. The molecular weight excluding hydrogens is 467 g/mol. The number of rotatable bonds is 6. The van der Waals surface area contributed by atoms with Crippen LogP contribution in [0.3, 0.4) is 0 Å². The number of unbranched alkanes of at least 4 members (excludes halogenated alkanes) is 1. The number of phenolic OH excluding ortho intramolecular Hbond substituents is 1. The van der Waals surface area contributed by atoms with E-state index in [-0.39, 0.29) is 23.1 Å². The van der Waals surface area contributed by atoms with E-state index < -0.39 is 17.6 Å². The average Bonchev–Trinajstić information content (AvgIpc) is 2.79. The topological polar surface area (TPSA) is 73.7 Å². The van der Waals surface area contributed by atoms with E-state index in [1.165, 1.54) is 12.1 Å². The van der Waals surface area contributed by atoms with Gasteiger partial charge in [-0.1, -0.05) is 24.9 Å². The summed E-state index contributed by atoms with van der Waals surface area (Å²) in [7, 11) is 0. The molecule has 0 aromatic heterocycles. The van der Waals surface area contributed by atoms with Gasteiger partial charge in [-0.3, -0.25) is 4.79 Å². The van der Waals surface area contributed by atoms with Crippen LogP contribution < -0.4 is 10.6 Å². The minimum atomic E-state index is -4.44. The maximum Gasteiger partial charge on any atom is 0.416 e. The summed E-state index contributed by atoms with van der Waals surface area (Å²) >= 11 is 6.24. The van der Waals surface area contributed by atoms with Crippen LogP contribution in [-0.2, 0) is 12.6 Å². The van der Waals surface area contributed by atoms with Gasteiger partial charge in [0.15, 0.2) is 0 Å². The highest BCUT2D eigenvalue weighted by Crippen LogP contribution is 2.37. The van der Waals surface area contributed by atoms with Crippen LogP contribution in [0.15, 0.2) is 35.3 Å². The van der Waals surface area contributed by atoms with Crippen LogP contribution >= 0.6 is 11.6 Å². The quantitative estimate of drug-likeness (QED) is 0.323. The summed E-state index contributed by atoms with van der Waals surface area (Å²) in [5.41, 5.74) is 0.773. The Bertz CT molecular complexity index is 1060. The fourth-order valence-corrected chi connectivity index (χ4v) is 4.34. The molecule has 2 aromatic rings. The van der Waals surface area contributed by atoms with Crippen LogP contribution in [0.1, 0.15) is 72.5 Å². The summed E-state index contributed by atoms with van der Waals surface area (Å²) in [6.07, 6.45) is -0.820. The van der Waals surface area contributed by atoms with Crippen LogP contribution in [0.5, 0.6) is 5.75 Å². The molecule has 184 valence electrons. The van der Waals surface area contributed by atoms with Gasteiger partial charge in [0.1, 0.15) is 11.6 Å². The van der Waals surface area contributed by atoms with Crippen LogP contribution in [-0.4, -0.2) is 29.9 Å². The number of hydrogen-bond acceptors (Lipinski definition) is 4.